The average molecular weight is 859 g/mol. The van der Waals surface area contributed by atoms with Gasteiger partial charge in [0, 0.05) is 6.42 Å². The normalized spacial score (nSPS) is 12.9. The molecule has 0 aliphatic carbocycles. The summed E-state index contributed by atoms with van der Waals surface area (Å²) in [6, 6.07) is -0.636. The van der Waals surface area contributed by atoms with Gasteiger partial charge in [-0.3, -0.25) is 4.79 Å². The number of nitrogens with one attached hydrogen (secondary N) is 1. The first-order valence-electron chi connectivity index (χ1n) is 28.1. The molecule has 0 saturated heterocycles. The molecule has 3 N–H and O–H groups in total. The van der Waals surface area contributed by atoms with Gasteiger partial charge in [-0.15, -0.1) is 0 Å². The zero-order valence-corrected chi connectivity index (χ0v) is 41.7. The first-order valence-corrected chi connectivity index (χ1v) is 28.1. The van der Waals surface area contributed by atoms with Crippen molar-refractivity contribution in [3.05, 3.63) is 24.3 Å². The Morgan fingerprint density at radius 1 is 0.377 bits per heavy atom. The van der Waals surface area contributed by atoms with E-state index in [1.54, 1.807) is 6.08 Å². The van der Waals surface area contributed by atoms with E-state index in [2.05, 4.69) is 31.3 Å². The summed E-state index contributed by atoms with van der Waals surface area (Å²) in [6.45, 7) is 4.33. The third kappa shape index (κ3) is 49.7. The zero-order chi connectivity index (χ0) is 44.2. The summed E-state index contributed by atoms with van der Waals surface area (Å²) in [6.07, 6.45) is 70.6. The van der Waals surface area contributed by atoms with Crippen molar-refractivity contribution in [2.45, 2.75) is 328 Å². The van der Waals surface area contributed by atoms with Crippen molar-refractivity contribution in [3.63, 3.8) is 0 Å². The number of aliphatic hydroxyl groups excluding tert-OH is 2. The Labute approximate surface area is 383 Å². The summed E-state index contributed by atoms with van der Waals surface area (Å²) in [5.41, 5.74) is 0. The van der Waals surface area contributed by atoms with Gasteiger partial charge in [0.05, 0.1) is 18.8 Å². The molecule has 0 aromatic carbocycles. The van der Waals surface area contributed by atoms with Crippen molar-refractivity contribution in [3.8, 4) is 0 Å². The molecule has 0 saturated carbocycles. The van der Waals surface area contributed by atoms with Gasteiger partial charge in [0.2, 0.25) is 5.91 Å². The van der Waals surface area contributed by atoms with E-state index < -0.39 is 12.1 Å². The monoisotopic (exact) mass is 858 g/mol. The van der Waals surface area contributed by atoms with Crippen molar-refractivity contribution < 1.29 is 15.0 Å². The maximum Gasteiger partial charge on any atom is 0.220 e. The molecule has 61 heavy (non-hydrogen) atoms. The fourth-order valence-corrected chi connectivity index (χ4v) is 8.90. The number of rotatable bonds is 52. The number of unbranched alkanes of at least 4 members (excludes halogenated alkanes) is 43. The SMILES string of the molecule is CCCCCCCCCCCCCCC/C=C/CC/C=C/C(O)C(CO)NC(=O)CCCCCCCCCCCCCCCCCCCCCCCCCCCCCCCC. The Bertz CT molecular complexity index is 886. The predicted molar refractivity (Wildman–Crippen MR) is 272 cm³/mol. The molecule has 0 rings (SSSR count). The highest BCUT2D eigenvalue weighted by Gasteiger charge is 2.18. The van der Waals surface area contributed by atoms with Crippen LogP contribution in [0.3, 0.4) is 0 Å². The zero-order valence-electron chi connectivity index (χ0n) is 41.7. The van der Waals surface area contributed by atoms with Crippen LogP contribution in [-0.2, 0) is 4.79 Å². The highest BCUT2D eigenvalue weighted by Crippen LogP contribution is 2.18. The molecule has 0 radical (unpaired) electrons. The first kappa shape index (κ1) is 59.9. The van der Waals surface area contributed by atoms with Gasteiger partial charge in [0.15, 0.2) is 0 Å². The van der Waals surface area contributed by atoms with Crippen LogP contribution in [0.2, 0.25) is 0 Å². The van der Waals surface area contributed by atoms with E-state index in [9.17, 15) is 15.0 Å². The van der Waals surface area contributed by atoms with Crippen molar-refractivity contribution >= 4 is 5.91 Å². The van der Waals surface area contributed by atoms with E-state index in [-0.39, 0.29) is 12.5 Å². The lowest BCUT2D eigenvalue weighted by molar-refractivity contribution is -0.123. The standard InChI is InChI=1S/C57H111NO3/c1-3-5-7-9-11-13-15-17-19-21-23-24-25-26-27-28-29-30-31-32-33-35-37-39-41-43-45-47-49-51-53-57(61)58-55(54-59)56(60)52-50-48-46-44-42-40-38-36-34-22-20-18-16-14-12-10-8-6-4-2/h42,44,50,52,55-56,59-60H,3-41,43,45-49,51,53-54H2,1-2H3,(H,58,61)/b44-42+,52-50+. The van der Waals surface area contributed by atoms with Gasteiger partial charge in [0.1, 0.15) is 0 Å². The van der Waals surface area contributed by atoms with Gasteiger partial charge >= 0.3 is 0 Å². The van der Waals surface area contributed by atoms with Crippen LogP contribution in [0.15, 0.2) is 24.3 Å². The Kier molecular flexibility index (Phi) is 52.2. The Morgan fingerprint density at radius 3 is 0.951 bits per heavy atom. The Morgan fingerprint density at radius 2 is 0.639 bits per heavy atom. The topological polar surface area (TPSA) is 69.6 Å². The van der Waals surface area contributed by atoms with Crippen LogP contribution in [0.5, 0.6) is 0 Å². The van der Waals surface area contributed by atoms with Gasteiger partial charge in [-0.1, -0.05) is 301 Å². The third-order valence-electron chi connectivity index (χ3n) is 13.2. The first-order chi connectivity index (χ1) is 30.2. The van der Waals surface area contributed by atoms with E-state index in [0.717, 1.165) is 32.1 Å². The van der Waals surface area contributed by atoms with E-state index in [4.69, 9.17) is 0 Å². The molecule has 4 heteroatoms. The minimum Gasteiger partial charge on any atom is -0.394 e. The average Bonchev–Trinajstić information content (AvgIpc) is 3.26. The number of amides is 1. The van der Waals surface area contributed by atoms with E-state index in [0.29, 0.717) is 6.42 Å². The molecule has 0 fully saturated rings. The van der Waals surface area contributed by atoms with Gasteiger partial charge in [0.25, 0.3) is 0 Å². The molecule has 1 amide bonds. The molecule has 0 aliphatic rings. The quantitative estimate of drug-likeness (QED) is 0.0422. The van der Waals surface area contributed by atoms with Crippen molar-refractivity contribution in [1.82, 2.24) is 5.32 Å². The minimum atomic E-state index is -0.859. The molecule has 0 spiro atoms. The Hall–Kier alpha value is -1.13. The van der Waals surface area contributed by atoms with Crippen molar-refractivity contribution in [2.75, 3.05) is 6.61 Å². The second-order valence-electron chi connectivity index (χ2n) is 19.4. The summed E-state index contributed by atoms with van der Waals surface area (Å²) >= 11 is 0. The van der Waals surface area contributed by atoms with Gasteiger partial charge in [-0.2, -0.15) is 0 Å². The van der Waals surface area contributed by atoms with Crippen LogP contribution in [0, 0.1) is 0 Å². The molecular formula is C57H111NO3. The van der Waals surface area contributed by atoms with Crippen LogP contribution in [0.4, 0.5) is 0 Å². The van der Waals surface area contributed by atoms with E-state index in [1.165, 1.54) is 263 Å². The van der Waals surface area contributed by atoms with Crippen LogP contribution in [0.25, 0.3) is 0 Å². The molecular weight excluding hydrogens is 747 g/mol. The smallest absolute Gasteiger partial charge is 0.220 e. The molecule has 0 bridgehead atoms. The lowest BCUT2D eigenvalue weighted by Gasteiger charge is -2.19. The maximum atomic E-state index is 12.5. The summed E-state index contributed by atoms with van der Waals surface area (Å²) in [4.78, 5) is 12.5. The van der Waals surface area contributed by atoms with Crippen LogP contribution >= 0.6 is 0 Å². The Balaban J connectivity index is 3.46. The molecule has 0 aromatic heterocycles. The van der Waals surface area contributed by atoms with E-state index >= 15 is 0 Å². The van der Waals surface area contributed by atoms with Crippen LogP contribution in [0.1, 0.15) is 316 Å². The highest BCUT2D eigenvalue weighted by molar-refractivity contribution is 5.76. The van der Waals surface area contributed by atoms with Gasteiger partial charge in [-0.25, -0.2) is 0 Å². The van der Waals surface area contributed by atoms with E-state index in [1.807, 2.05) is 6.08 Å². The third-order valence-corrected chi connectivity index (χ3v) is 13.2. The molecule has 0 heterocycles. The summed E-state index contributed by atoms with van der Waals surface area (Å²) in [5, 5.41) is 23.1. The fourth-order valence-electron chi connectivity index (χ4n) is 8.90. The number of hydrogen-bond donors (Lipinski definition) is 3. The van der Waals surface area contributed by atoms with Gasteiger partial charge in [-0.05, 0) is 32.1 Å². The van der Waals surface area contributed by atoms with Gasteiger partial charge < -0.3 is 15.5 Å². The molecule has 0 aromatic rings. The van der Waals surface area contributed by atoms with Crippen molar-refractivity contribution in [1.29, 1.82) is 0 Å². The largest absolute Gasteiger partial charge is 0.394 e. The second kappa shape index (κ2) is 53.2. The molecule has 362 valence electrons. The second-order valence-corrected chi connectivity index (χ2v) is 19.4. The number of hydrogen-bond acceptors (Lipinski definition) is 3. The lowest BCUT2D eigenvalue weighted by Crippen LogP contribution is -2.45. The number of carbonyl (C=O) groups excluding carboxylic acids is 1. The van der Waals surface area contributed by atoms with Crippen LogP contribution < -0.4 is 5.32 Å². The maximum absolute atomic E-state index is 12.5. The molecule has 0 aliphatic heterocycles. The molecule has 4 nitrogen and oxygen atoms in total. The summed E-state index contributed by atoms with van der Waals surface area (Å²) in [5.74, 6) is -0.0668. The predicted octanol–water partition coefficient (Wildman–Crippen LogP) is 18.3. The highest BCUT2D eigenvalue weighted by atomic mass is 16.3. The lowest BCUT2D eigenvalue weighted by atomic mass is 10.0. The number of allylic oxidation sites excluding steroid dienone is 3. The molecule has 2 unspecified atom stereocenters. The van der Waals surface area contributed by atoms with Crippen LogP contribution in [-0.4, -0.2) is 34.9 Å². The van der Waals surface area contributed by atoms with Crippen molar-refractivity contribution in [2.24, 2.45) is 0 Å². The summed E-state index contributed by atoms with van der Waals surface area (Å²) in [7, 11) is 0. The number of carbonyl (C=O) groups is 1. The molecule has 2 atom stereocenters. The number of aliphatic hydroxyl groups is 2. The fraction of sp³-hybridized carbons (Fsp3) is 0.912. The summed E-state index contributed by atoms with van der Waals surface area (Å²) < 4.78 is 0. The minimum absolute atomic E-state index is 0.0668.